The first-order chi connectivity index (χ1) is 22.7. The maximum atomic E-state index is 13.8. The van der Waals surface area contributed by atoms with E-state index in [1.165, 1.54) is 31.8 Å². The molecule has 0 unspecified atom stereocenters. The van der Waals surface area contributed by atoms with Crippen molar-refractivity contribution >= 4 is 29.3 Å². The fourth-order valence-electron chi connectivity index (χ4n) is 5.69. The van der Waals surface area contributed by atoms with Crippen LogP contribution in [0.25, 0.3) is 0 Å². The van der Waals surface area contributed by atoms with Gasteiger partial charge in [0.15, 0.2) is 0 Å². The highest BCUT2D eigenvalue weighted by molar-refractivity contribution is 5.92. The van der Waals surface area contributed by atoms with Crippen LogP contribution in [0.3, 0.4) is 0 Å². The van der Waals surface area contributed by atoms with Gasteiger partial charge in [0.05, 0.1) is 6.04 Å². The van der Waals surface area contributed by atoms with Crippen LogP contribution >= 0.6 is 0 Å². The Kier molecular flexibility index (Phi) is 16.6. The van der Waals surface area contributed by atoms with E-state index in [0.29, 0.717) is 45.1 Å². The standard InChI is InChI=1S/C38H55N5O4/c1-4-5-6-7-8-9-13-19-36(45)41-34(28-29-16-11-10-12-17-29)38(47)42-33-18-14-15-26-39-35(44)25-22-31(40-37(33)46)27-30-20-23-32(24-21-30)43(2)3/h10-12,16-17,20-25,31,33-34H,4-9,13-15,18-19,26-28H2,1-3H3,(H,39,44)(H,40,46)(H,41,45)(H,42,47)/b25-22+/t31-,33+,34+/m1/s1. The third-order valence-corrected chi connectivity index (χ3v) is 8.51. The van der Waals surface area contributed by atoms with E-state index >= 15 is 0 Å². The molecule has 3 atom stereocenters. The number of unbranched alkanes of at least 4 members (excludes halogenated alkanes) is 6. The number of hydrogen-bond donors (Lipinski definition) is 4. The molecule has 1 heterocycles. The molecule has 0 bridgehead atoms. The predicted octanol–water partition coefficient (Wildman–Crippen LogP) is 4.99. The molecule has 0 spiro atoms. The van der Waals surface area contributed by atoms with Gasteiger partial charge in [-0.2, -0.15) is 0 Å². The third kappa shape index (κ3) is 14.4. The van der Waals surface area contributed by atoms with Gasteiger partial charge in [-0.05, 0) is 55.4 Å². The van der Waals surface area contributed by atoms with Gasteiger partial charge in [-0.3, -0.25) is 19.2 Å². The second-order valence-corrected chi connectivity index (χ2v) is 12.8. The fourth-order valence-corrected chi connectivity index (χ4v) is 5.69. The smallest absolute Gasteiger partial charge is 0.243 e. The number of carbonyl (C=O) groups excluding carboxylic acids is 4. The molecule has 47 heavy (non-hydrogen) atoms. The van der Waals surface area contributed by atoms with Gasteiger partial charge in [0, 0.05) is 45.2 Å². The molecule has 0 saturated heterocycles. The summed E-state index contributed by atoms with van der Waals surface area (Å²) in [6.07, 6.45) is 13.8. The van der Waals surface area contributed by atoms with Crippen molar-refractivity contribution in [3.63, 3.8) is 0 Å². The molecular weight excluding hydrogens is 590 g/mol. The van der Waals surface area contributed by atoms with Gasteiger partial charge >= 0.3 is 0 Å². The molecule has 2 aromatic rings. The summed E-state index contributed by atoms with van der Waals surface area (Å²) in [5, 5.41) is 11.9. The van der Waals surface area contributed by atoms with Crippen LogP contribution in [0.4, 0.5) is 5.69 Å². The number of anilines is 1. The molecule has 2 aromatic carbocycles. The molecule has 4 amide bonds. The Bertz CT molecular complexity index is 1280. The second kappa shape index (κ2) is 20.9. The van der Waals surface area contributed by atoms with Crippen molar-refractivity contribution < 1.29 is 19.2 Å². The Morgan fingerprint density at radius 2 is 1.60 bits per heavy atom. The minimum absolute atomic E-state index is 0.154. The lowest BCUT2D eigenvalue weighted by molar-refractivity contribution is -0.132. The Hall–Kier alpha value is -4.14. The Morgan fingerprint density at radius 3 is 2.30 bits per heavy atom. The monoisotopic (exact) mass is 645 g/mol. The van der Waals surface area contributed by atoms with Crippen molar-refractivity contribution in [2.45, 2.75) is 109 Å². The lowest BCUT2D eigenvalue weighted by atomic mass is 10.0. The molecule has 0 saturated carbocycles. The number of nitrogens with zero attached hydrogens (tertiary/aromatic N) is 1. The van der Waals surface area contributed by atoms with Gasteiger partial charge in [-0.1, -0.05) is 94.0 Å². The van der Waals surface area contributed by atoms with E-state index < -0.39 is 18.1 Å². The van der Waals surface area contributed by atoms with Crippen molar-refractivity contribution in [1.82, 2.24) is 21.3 Å². The highest BCUT2D eigenvalue weighted by atomic mass is 16.2. The van der Waals surface area contributed by atoms with Crippen molar-refractivity contribution in [3.8, 4) is 0 Å². The number of amides is 4. The van der Waals surface area contributed by atoms with Crippen molar-refractivity contribution in [3.05, 3.63) is 77.9 Å². The van der Waals surface area contributed by atoms with E-state index in [1.54, 1.807) is 6.08 Å². The molecule has 1 aliphatic heterocycles. The molecule has 3 rings (SSSR count). The summed E-state index contributed by atoms with van der Waals surface area (Å²) in [4.78, 5) is 54.8. The van der Waals surface area contributed by atoms with Crippen LogP contribution in [0, 0.1) is 0 Å². The topological polar surface area (TPSA) is 120 Å². The van der Waals surface area contributed by atoms with E-state index in [-0.39, 0.29) is 23.6 Å². The van der Waals surface area contributed by atoms with Crippen LogP contribution in [0.1, 0.15) is 88.7 Å². The first-order valence-electron chi connectivity index (χ1n) is 17.4. The fraction of sp³-hybridized carbons (Fsp3) is 0.526. The van der Waals surface area contributed by atoms with Gasteiger partial charge < -0.3 is 26.2 Å². The molecular formula is C38H55N5O4. The highest BCUT2D eigenvalue weighted by Gasteiger charge is 2.28. The van der Waals surface area contributed by atoms with E-state index in [9.17, 15) is 19.2 Å². The molecule has 0 radical (unpaired) electrons. The minimum Gasteiger partial charge on any atom is -0.378 e. The van der Waals surface area contributed by atoms with E-state index in [4.69, 9.17) is 0 Å². The first kappa shape index (κ1) is 37.3. The Labute approximate surface area is 281 Å². The van der Waals surface area contributed by atoms with Crippen LogP contribution in [0.15, 0.2) is 66.7 Å². The number of carbonyl (C=O) groups is 4. The first-order valence-corrected chi connectivity index (χ1v) is 17.4. The summed E-state index contributed by atoms with van der Waals surface area (Å²) in [5.41, 5.74) is 2.99. The number of rotatable bonds is 16. The summed E-state index contributed by atoms with van der Waals surface area (Å²) < 4.78 is 0. The van der Waals surface area contributed by atoms with Crippen LogP contribution in [-0.2, 0) is 32.0 Å². The van der Waals surface area contributed by atoms with Gasteiger partial charge in [-0.25, -0.2) is 0 Å². The molecule has 0 aromatic heterocycles. The highest BCUT2D eigenvalue weighted by Crippen LogP contribution is 2.15. The van der Waals surface area contributed by atoms with Crippen molar-refractivity contribution in [2.24, 2.45) is 0 Å². The number of nitrogens with one attached hydrogen (secondary N) is 4. The summed E-state index contributed by atoms with van der Waals surface area (Å²) in [6, 6.07) is 15.6. The van der Waals surface area contributed by atoms with Gasteiger partial charge in [0.25, 0.3) is 0 Å². The largest absolute Gasteiger partial charge is 0.378 e. The molecule has 9 nitrogen and oxygen atoms in total. The molecule has 0 aliphatic carbocycles. The zero-order valence-corrected chi connectivity index (χ0v) is 28.6. The lowest BCUT2D eigenvalue weighted by Crippen LogP contribution is -2.55. The van der Waals surface area contributed by atoms with Gasteiger partial charge in [0.2, 0.25) is 23.6 Å². The van der Waals surface area contributed by atoms with Crippen LogP contribution in [-0.4, -0.2) is 62.4 Å². The van der Waals surface area contributed by atoms with E-state index in [1.807, 2.05) is 73.6 Å². The predicted molar refractivity (Wildman–Crippen MR) is 189 cm³/mol. The SMILES string of the molecule is CCCCCCCCCC(=O)N[C@@H](Cc1ccccc1)C(=O)N[C@H]1CCCCNC(=O)/C=C/[C@H](Cc2ccc(N(C)C)cc2)NC1=O. The summed E-state index contributed by atoms with van der Waals surface area (Å²) in [6.45, 7) is 2.68. The average molecular weight is 646 g/mol. The minimum atomic E-state index is -0.811. The van der Waals surface area contributed by atoms with Crippen LogP contribution < -0.4 is 26.2 Å². The summed E-state index contributed by atoms with van der Waals surface area (Å²) >= 11 is 0. The molecule has 256 valence electrons. The lowest BCUT2D eigenvalue weighted by Gasteiger charge is -2.25. The number of hydrogen-bond acceptors (Lipinski definition) is 5. The average Bonchev–Trinajstić information content (AvgIpc) is 3.06. The Morgan fingerprint density at radius 1 is 0.894 bits per heavy atom. The van der Waals surface area contributed by atoms with Crippen LogP contribution in [0.5, 0.6) is 0 Å². The van der Waals surface area contributed by atoms with Gasteiger partial charge in [-0.15, -0.1) is 0 Å². The maximum Gasteiger partial charge on any atom is 0.243 e. The van der Waals surface area contributed by atoms with Crippen LogP contribution in [0.2, 0.25) is 0 Å². The second-order valence-electron chi connectivity index (χ2n) is 12.8. The quantitative estimate of drug-likeness (QED) is 0.192. The normalized spacial score (nSPS) is 18.4. The summed E-state index contributed by atoms with van der Waals surface area (Å²) in [7, 11) is 3.95. The van der Waals surface area contributed by atoms with Crippen molar-refractivity contribution in [1.29, 1.82) is 0 Å². The Balaban J connectivity index is 1.70. The number of benzene rings is 2. The zero-order chi connectivity index (χ0) is 33.9. The molecule has 9 heteroatoms. The van der Waals surface area contributed by atoms with Gasteiger partial charge in [0.1, 0.15) is 12.1 Å². The maximum absolute atomic E-state index is 13.8. The zero-order valence-electron chi connectivity index (χ0n) is 28.6. The molecule has 0 fully saturated rings. The molecule has 4 N–H and O–H groups in total. The van der Waals surface area contributed by atoms with E-state index in [0.717, 1.165) is 36.1 Å². The third-order valence-electron chi connectivity index (χ3n) is 8.51. The summed E-state index contributed by atoms with van der Waals surface area (Å²) in [5.74, 6) is -1.05. The molecule has 1 aliphatic rings. The van der Waals surface area contributed by atoms with Crippen molar-refractivity contribution in [2.75, 3.05) is 25.5 Å². The van der Waals surface area contributed by atoms with E-state index in [2.05, 4.69) is 28.2 Å².